The first kappa shape index (κ1) is 10.2. The Balaban J connectivity index is 2.00. The molecule has 0 saturated heterocycles. The third-order valence-corrected chi connectivity index (χ3v) is 2.39. The molecule has 0 saturated carbocycles. The van der Waals surface area contributed by atoms with Gasteiger partial charge in [0.15, 0.2) is 0 Å². The Morgan fingerprint density at radius 1 is 1.38 bits per heavy atom. The summed E-state index contributed by atoms with van der Waals surface area (Å²) in [5.74, 6) is 0.976. The van der Waals surface area contributed by atoms with E-state index in [4.69, 9.17) is 5.26 Å². The molecule has 1 aromatic heterocycles. The number of aryl methyl sites for hydroxylation is 1. The van der Waals surface area contributed by atoms with E-state index in [1.54, 1.807) is 18.3 Å². The lowest BCUT2D eigenvalue weighted by molar-refractivity contribution is 0.813. The minimum Gasteiger partial charge on any atom is -0.378 e. The first-order valence-electron chi connectivity index (χ1n) is 5.00. The van der Waals surface area contributed by atoms with Gasteiger partial charge in [-0.2, -0.15) is 5.26 Å². The highest BCUT2D eigenvalue weighted by atomic mass is 15.1. The summed E-state index contributed by atoms with van der Waals surface area (Å²) in [4.78, 5) is 4.21. The van der Waals surface area contributed by atoms with Gasteiger partial charge < -0.3 is 9.88 Å². The summed E-state index contributed by atoms with van der Waals surface area (Å²) in [5.41, 5.74) is 1.66. The van der Waals surface area contributed by atoms with Gasteiger partial charge in [-0.15, -0.1) is 0 Å². The average Bonchev–Trinajstić information content (AvgIpc) is 2.73. The zero-order chi connectivity index (χ0) is 11.4. The molecule has 4 nitrogen and oxygen atoms in total. The predicted molar refractivity (Wildman–Crippen MR) is 61.7 cm³/mol. The van der Waals surface area contributed by atoms with Crippen LogP contribution in [0.15, 0.2) is 36.7 Å². The molecular weight excluding hydrogens is 200 g/mol. The molecule has 1 N–H and O–H groups in total. The molecule has 0 aliphatic carbocycles. The van der Waals surface area contributed by atoms with Crippen molar-refractivity contribution >= 4 is 5.69 Å². The quantitative estimate of drug-likeness (QED) is 0.845. The fourth-order valence-corrected chi connectivity index (χ4v) is 1.41. The van der Waals surface area contributed by atoms with Crippen molar-refractivity contribution in [3.8, 4) is 6.07 Å². The summed E-state index contributed by atoms with van der Waals surface area (Å²) < 4.78 is 1.97. The molecule has 0 fully saturated rings. The Kier molecular flexibility index (Phi) is 2.88. The first-order valence-corrected chi connectivity index (χ1v) is 5.00. The van der Waals surface area contributed by atoms with E-state index in [-0.39, 0.29) is 0 Å². The summed E-state index contributed by atoms with van der Waals surface area (Å²) in [6.07, 6.45) is 3.69. The highest BCUT2D eigenvalue weighted by Crippen LogP contribution is 2.09. The number of benzene rings is 1. The van der Waals surface area contributed by atoms with Gasteiger partial charge in [0.2, 0.25) is 0 Å². The SMILES string of the molecule is Cn1ccnc1CNc1ccc(C#N)cc1. The molecular formula is C12H12N4. The number of imidazole rings is 1. The van der Waals surface area contributed by atoms with Crippen LogP contribution in [-0.4, -0.2) is 9.55 Å². The Hall–Kier alpha value is -2.28. The average molecular weight is 212 g/mol. The molecule has 0 bridgehead atoms. The van der Waals surface area contributed by atoms with Gasteiger partial charge in [-0.3, -0.25) is 0 Å². The Bertz CT molecular complexity index is 505. The zero-order valence-electron chi connectivity index (χ0n) is 9.01. The zero-order valence-corrected chi connectivity index (χ0v) is 9.01. The summed E-state index contributed by atoms with van der Waals surface area (Å²) in [5, 5.41) is 11.9. The molecule has 0 spiro atoms. The maximum Gasteiger partial charge on any atom is 0.127 e. The Morgan fingerprint density at radius 2 is 2.12 bits per heavy atom. The molecule has 0 radical (unpaired) electrons. The standard InChI is InChI=1S/C12H12N4/c1-16-7-6-14-12(16)9-15-11-4-2-10(8-13)3-5-11/h2-7,15H,9H2,1H3. The second-order valence-electron chi connectivity index (χ2n) is 3.50. The van der Waals surface area contributed by atoms with Crippen LogP contribution in [0.3, 0.4) is 0 Å². The smallest absolute Gasteiger partial charge is 0.127 e. The fourth-order valence-electron chi connectivity index (χ4n) is 1.41. The number of hydrogen-bond donors (Lipinski definition) is 1. The largest absolute Gasteiger partial charge is 0.378 e. The van der Waals surface area contributed by atoms with E-state index in [0.717, 1.165) is 11.5 Å². The topological polar surface area (TPSA) is 53.6 Å². The molecule has 1 heterocycles. The van der Waals surface area contributed by atoms with Crippen LogP contribution < -0.4 is 5.32 Å². The van der Waals surface area contributed by atoms with Gasteiger partial charge in [0.05, 0.1) is 18.2 Å². The third kappa shape index (κ3) is 2.20. The number of nitriles is 1. The predicted octanol–water partition coefficient (Wildman–Crippen LogP) is 1.90. The molecule has 1 aromatic carbocycles. The lowest BCUT2D eigenvalue weighted by Crippen LogP contribution is -2.05. The molecule has 16 heavy (non-hydrogen) atoms. The second-order valence-corrected chi connectivity index (χ2v) is 3.50. The summed E-state index contributed by atoms with van der Waals surface area (Å²) >= 11 is 0. The van der Waals surface area contributed by atoms with Crippen LogP contribution in [0, 0.1) is 11.3 Å². The van der Waals surface area contributed by atoms with Gasteiger partial charge in [0.25, 0.3) is 0 Å². The lowest BCUT2D eigenvalue weighted by atomic mass is 10.2. The molecule has 2 rings (SSSR count). The van der Waals surface area contributed by atoms with Crippen LogP contribution in [0.2, 0.25) is 0 Å². The molecule has 2 aromatic rings. The van der Waals surface area contributed by atoms with E-state index in [1.165, 1.54) is 0 Å². The van der Waals surface area contributed by atoms with Gasteiger partial charge in [0.1, 0.15) is 5.82 Å². The normalized spacial score (nSPS) is 9.75. The van der Waals surface area contributed by atoms with Crippen molar-refractivity contribution in [1.82, 2.24) is 9.55 Å². The van der Waals surface area contributed by atoms with Crippen molar-refractivity contribution in [2.75, 3.05) is 5.32 Å². The number of anilines is 1. The van der Waals surface area contributed by atoms with Crippen LogP contribution in [0.1, 0.15) is 11.4 Å². The number of hydrogen-bond acceptors (Lipinski definition) is 3. The summed E-state index contributed by atoms with van der Waals surface area (Å²) in [7, 11) is 1.96. The van der Waals surface area contributed by atoms with Gasteiger partial charge in [0, 0.05) is 25.1 Å². The molecule has 0 aliphatic heterocycles. The fraction of sp³-hybridized carbons (Fsp3) is 0.167. The second kappa shape index (κ2) is 4.49. The molecule has 0 amide bonds. The van der Waals surface area contributed by atoms with E-state index < -0.39 is 0 Å². The highest BCUT2D eigenvalue weighted by Gasteiger charge is 1.98. The van der Waals surface area contributed by atoms with Crippen LogP contribution in [0.4, 0.5) is 5.69 Å². The van der Waals surface area contributed by atoms with Crippen molar-refractivity contribution in [3.63, 3.8) is 0 Å². The Morgan fingerprint density at radius 3 is 2.69 bits per heavy atom. The van der Waals surface area contributed by atoms with Crippen LogP contribution in [0.25, 0.3) is 0 Å². The van der Waals surface area contributed by atoms with Gasteiger partial charge in [-0.05, 0) is 24.3 Å². The summed E-state index contributed by atoms with van der Waals surface area (Å²) in [6, 6.07) is 9.45. The van der Waals surface area contributed by atoms with Crippen molar-refractivity contribution in [3.05, 3.63) is 48.0 Å². The molecule has 4 heteroatoms. The van der Waals surface area contributed by atoms with E-state index in [0.29, 0.717) is 12.1 Å². The molecule has 80 valence electrons. The number of aromatic nitrogens is 2. The van der Waals surface area contributed by atoms with Gasteiger partial charge >= 0.3 is 0 Å². The molecule has 0 unspecified atom stereocenters. The number of rotatable bonds is 3. The van der Waals surface area contributed by atoms with Crippen LogP contribution in [-0.2, 0) is 13.6 Å². The molecule has 0 aliphatic rings. The van der Waals surface area contributed by atoms with Crippen LogP contribution >= 0.6 is 0 Å². The maximum absolute atomic E-state index is 8.66. The minimum atomic E-state index is 0.669. The maximum atomic E-state index is 8.66. The van der Waals surface area contributed by atoms with E-state index >= 15 is 0 Å². The van der Waals surface area contributed by atoms with Crippen molar-refractivity contribution in [2.24, 2.45) is 7.05 Å². The highest BCUT2D eigenvalue weighted by molar-refractivity contribution is 5.47. The van der Waals surface area contributed by atoms with E-state index in [1.807, 2.05) is 29.9 Å². The van der Waals surface area contributed by atoms with Crippen LogP contribution in [0.5, 0.6) is 0 Å². The monoisotopic (exact) mass is 212 g/mol. The van der Waals surface area contributed by atoms with E-state index in [9.17, 15) is 0 Å². The molecule has 0 atom stereocenters. The lowest BCUT2D eigenvalue weighted by Gasteiger charge is -2.06. The van der Waals surface area contributed by atoms with Crippen molar-refractivity contribution < 1.29 is 0 Å². The number of nitrogens with zero attached hydrogens (tertiary/aromatic N) is 3. The Labute approximate surface area is 94.2 Å². The third-order valence-electron chi connectivity index (χ3n) is 2.39. The summed E-state index contributed by atoms with van der Waals surface area (Å²) in [6.45, 7) is 0.676. The van der Waals surface area contributed by atoms with Gasteiger partial charge in [-0.1, -0.05) is 0 Å². The minimum absolute atomic E-state index is 0.669. The van der Waals surface area contributed by atoms with Crippen molar-refractivity contribution in [1.29, 1.82) is 5.26 Å². The van der Waals surface area contributed by atoms with E-state index in [2.05, 4.69) is 16.4 Å². The van der Waals surface area contributed by atoms with Gasteiger partial charge in [-0.25, -0.2) is 4.98 Å². The first-order chi connectivity index (χ1) is 7.79. The van der Waals surface area contributed by atoms with Crippen molar-refractivity contribution in [2.45, 2.75) is 6.54 Å². The number of nitrogens with one attached hydrogen (secondary N) is 1.